The quantitative estimate of drug-likeness (QED) is 0.790. The van der Waals surface area contributed by atoms with Crippen LogP contribution < -0.4 is 5.32 Å². The fraction of sp³-hybridized carbons (Fsp3) is 0.625. The highest BCUT2D eigenvalue weighted by molar-refractivity contribution is 6.30. The van der Waals surface area contributed by atoms with Crippen molar-refractivity contribution in [1.82, 2.24) is 5.32 Å². The Labute approximate surface area is 122 Å². The summed E-state index contributed by atoms with van der Waals surface area (Å²) in [6.45, 7) is 8.62. The zero-order valence-electron chi connectivity index (χ0n) is 12.7. The van der Waals surface area contributed by atoms with Gasteiger partial charge >= 0.3 is 0 Å². The van der Waals surface area contributed by atoms with E-state index in [9.17, 15) is 0 Å². The van der Waals surface area contributed by atoms with E-state index >= 15 is 0 Å². The first-order valence-electron chi connectivity index (χ1n) is 6.94. The number of rotatable bonds is 7. The lowest BCUT2D eigenvalue weighted by Gasteiger charge is -2.30. The normalized spacial score (nSPS) is 15.3. The molecule has 2 unspecified atom stereocenters. The minimum atomic E-state index is -0.0982. The Kier molecular flexibility index (Phi) is 6.31. The van der Waals surface area contributed by atoms with Crippen LogP contribution in [0.2, 0.25) is 5.02 Å². The molecule has 0 spiro atoms. The number of hydrogen-bond acceptors (Lipinski definition) is 2. The van der Waals surface area contributed by atoms with Gasteiger partial charge in [0.25, 0.3) is 0 Å². The van der Waals surface area contributed by atoms with Crippen LogP contribution in [0.15, 0.2) is 24.3 Å². The van der Waals surface area contributed by atoms with Crippen molar-refractivity contribution in [2.45, 2.75) is 58.2 Å². The first-order valence-corrected chi connectivity index (χ1v) is 7.32. The fourth-order valence-electron chi connectivity index (χ4n) is 2.40. The van der Waals surface area contributed by atoms with Gasteiger partial charge in [-0.3, -0.25) is 0 Å². The lowest BCUT2D eigenvalue weighted by molar-refractivity contribution is 0.00760. The van der Waals surface area contributed by atoms with Crippen LogP contribution in [0.1, 0.15) is 52.1 Å². The first kappa shape index (κ1) is 16.5. The second-order valence-corrected chi connectivity index (χ2v) is 6.19. The standard InChI is InChI=1S/C16H26ClNO/c1-6-15(13-8-7-9-14(17)10-13)18-12(2)11-16(3,4)19-5/h7-10,12,15,18H,6,11H2,1-5H3. The van der Waals surface area contributed by atoms with Gasteiger partial charge in [-0.15, -0.1) is 0 Å². The van der Waals surface area contributed by atoms with Crippen LogP contribution in [-0.4, -0.2) is 18.8 Å². The van der Waals surface area contributed by atoms with Gasteiger partial charge in [-0.25, -0.2) is 0 Å². The lowest BCUT2D eigenvalue weighted by atomic mass is 9.97. The van der Waals surface area contributed by atoms with Crippen LogP contribution in [0.5, 0.6) is 0 Å². The van der Waals surface area contributed by atoms with Crippen molar-refractivity contribution >= 4 is 11.6 Å². The Morgan fingerprint density at radius 2 is 2.05 bits per heavy atom. The minimum Gasteiger partial charge on any atom is -0.379 e. The van der Waals surface area contributed by atoms with Crippen molar-refractivity contribution in [2.24, 2.45) is 0 Å². The van der Waals surface area contributed by atoms with Crippen LogP contribution in [0.4, 0.5) is 0 Å². The second kappa shape index (κ2) is 7.28. The van der Waals surface area contributed by atoms with Crippen LogP contribution >= 0.6 is 11.6 Å². The van der Waals surface area contributed by atoms with Gasteiger partial charge < -0.3 is 10.1 Å². The molecule has 1 aromatic rings. The summed E-state index contributed by atoms with van der Waals surface area (Å²) in [4.78, 5) is 0. The Hall–Kier alpha value is -0.570. The molecular formula is C16H26ClNO. The largest absolute Gasteiger partial charge is 0.379 e. The Morgan fingerprint density at radius 3 is 2.58 bits per heavy atom. The van der Waals surface area contributed by atoms with Crippen LogP contribution in [0.25, 0.3) is 0 Å². The minimum absolute atomic E-state index is 0.0982. The molecule has 0 heterocycles. The maximum absolute atomic E-state index is 6.06. The summed E-state index contributed by atoms with van der Waals surface area (Å²) in [5.41, 5.74) is 1.15. The van der Waals surface area contributed by atoms with E-state index in [4.69, 9.17) is 16.3 Å². The van der Waals surface area contributed by atoms with Gasteiger partial charge in [0.05, 0.1) is 5.60 Å². The Morgan fingerprint density at radius 1 is 1.37 bits per heavy atom. The average molecular weight is 284 g/mol. The molecule has 19 heavy (non-hydrogen) atoms. The van der Waals surface area contributed by atoms with Gasteiger partial charge in [-0.1, -0.05) is 30.7 Å². The number of hydrogen-bond donors (Lipinski definition) is 1. The summed E-state index contributed by atoms with van der Waals surface area (Å²) in [7, 11) is 1.76. The number of benzene rings is 1. The van der Waals surface area contributed by atoms with E-state index in [0.717, 1.165) is 17.9 Å². The smallest absolute Gasteiger partial charge is 0.0637 e. The highest BCUT2D eigenvalue weighted by atomic mass is 35.5. The molecule has 0 aliphatic heterocycles. The van der Waals surface area contributed by atoms with Crippen LogP contribution in [0, 0.1) is 0 Å². The maximum Gasteiger partial charge on any atom is 0.0637 e. The van der Waals surface area contributed by atoms with Crippen molar-refractivity contribution < 1.29 is 4.74 Å². The molecule has 0 saturated carbocycles. The lowest BCUT2D eigenvalue weighted by Crippen LogP contribution is -2.37. The highest BCUT2D eigenvalue weighted by Gasteiger charge is 2.22. The molecule has 0 bridgehead atoms. The topological polar surface area (TPSA) is 21.3 Å². The van der Waals surface area contributed by atoms with E-state index < -0.39 is 0 Å². The number of nitrogens with one attached hydrogen (secondary N) is 1. The predicted octanol–water partition coefficient (Wildman–Crippen LogP) is 4.58. The van der Waals surface area contributed by atoms with E-state index in [0.29, 0.717) is 12.1 Å². The van der Waals surface area contributed by atoms with Gasteiger partial charge in [-0.05, 0) is 51.3 Å². The van der Waals surface area contributed by atoms with Crippen molar-refractivity contribution in [3.05, 3.63) is 34.9 Å². The van der Waals surface area contributed by atoms with E-state index in [1.165, 1.54) is 5.56 Å². The van der Waals surface area contributed by atoms with E-state index in [1.807, 2.05) is 18.2 Å². The van der Waals surface area contributed by atoms with Crippen molar-refractivity contribution in [3.63, 3.8) is 0 Å². The average Bonchev–Trinajstić information content (AvgIpc) is 2.35. The zero-order valence-corrected chi connectivity index (χ0v) is 13.4. The summed E-state index contributed by atoms with van der Waals surface area (Å²) in [6.07, 6.45) is 2.01. The number of methoxy groups -OCH3 is 1. The highest BCUT2D eigenvalue weighted by Crippen LogP contribution is 2.23. The molecule has 1 aromatic carbocycles. The molecule has 3 heteroatoms. The molecule has 2 nitrogen and oxygen atoms in total. The van der Waals surface area contributed by atoms with Gasteiger partial charge in [-0.2, -0.15) is 0 Å². The van der Waals surface area contributed by atoms with E-state index in [-0.39, 0.29) is 5.60 Å². The van der Waals surface area contributed by atoms with Gasteiger partial charge in [0.1, 0.15) is 0 Å². The molecule has 0 fully saturated rings. The molecule has 0 amide bonds. The SMILES string of the molecule is CCC(NC(C)CC(C)(C)OC)c1cccc(Cl)c1. The van der Waals surface area contributed by atoms with Crippen molar-refractivity contribution in [2.75, 3.05) is 7.11 Å². The molecule has 0 aromatic heterocycles. The van der Waals surface area contributed by atoms with Crippen molar-refractivity contribution in [3.8, 4) is 0 Å². The molecule has 2 atom stereocenters. The van der Waals surface area contributed by atoms with Gasteiger partial charge in [0.2, 0.25) is 0 Å². The summed E-state index contributed by atoms with van der Waals surface area (Å²) in [6, 6.07) is 8.80. The number of halogens is 1. The third-order valence-corrected chi connectivity index (χ3v) is 3.73. The Bertz CT molecular complexity index is 392. The summed E-state index contributed by atoms with van der Waals surface area (Å²) in [5.74, 6) is 0. The summed E-state index contributed by atoms with van der Waals surface area (Å²) >= 11 is 6.06. The number of ether oxygens (including phenoxy) is 1. The van der Waals surface area contributed by atoms with E-state index in [1.54, 1.807) is 7.11 Å². The fourth-order valence-corrected chi connectivity index (χ4v) is 2.59. The third kappa shape index (κ3) is 5.52. The molecule has 1 N–H and O–H groups in total. The molecule has 0 radical (unpaired) electrons. The molecule has 0 saturated heterocycles. The molecule has 0 aliphatic carbocycles. The van der Waals surface area contributed by atoms with Gasteiger partial charge in [0, 0.05) is 24.2 Å². The Balaban J connectivity index is 2.67. The van der Waals surface area contributed by atoms with Gasteiger partial charge in [0.15, 0.2) is 0 Å². The van der Waals surface area contributed by atoms with Crippen LogP contribution in [0.3, 0.4) is 0 Å². The molecular weight excluding hydrogens is 258 g/mol. The third-order valence-electron chi connectivity index (χ3n) is 3.50. The zero-order chi connectivity index (χ0) is 14.5. The maximum atomic E-state index is 6.06. The predicted molar refractivity (Wildman–Crippen MR) is 82.8 cm³/mol. The second-order valence-electron chi connectivity index (χ2n) is 5.75. The molecule has 1 rings (SSSR count). The van der Waals surface area contributed by atoms with Crippen molar-refractivity contribution in [1.29, 1.82) is 0 Å². The molecule has 108 valence electrons. The summed E-state index contributed by atoms with van der Waals surface area (Å²) in [5, 5.41) is 4.46. The summed E-state index contributed by atoms with van der Waals surface area (Å²) < 4.78 is 5.49. The van der Waals surface area contributed by atoms with Crippen LogP contribution in [-0.2, 0) is 4.74 Å². The monoisotopic (exact) mass is 283 g/mol. The molecule has 0 aliphatic rings. The van der Waals surface area contributed by atoms with E-state index in [2.05, 4.69) is 39.1 Å². The first-order chi connectivity index (χ1) is 8.88.